The number of sulfone groups is 1. The van der Waals surface area contributed by atoms with Gasteiger partial charge < -0.3 is 16.0 Å². The van der Waals surface area contributed by atoms with Crippen molar-refractivity contribution in [2.45, 2.75) is 25.2 Å². The van der Waals surface area contributed by atoms with E-state index in [1.165, 1.54) is 23.5 Å². The summed E-state index contributed by atoms with van der Waals surface area (Å²) in [5.41, 5.74) is 5.30. The summed E-state index contributed by atoms with van der Waals surface area (Å²) >= 11 is 0. The van der Waals surface area contributed by atoms with Gasteiger partial charge in [0.25, 0.3) is 0 Å². The van der Waals surface area contributed by atoms with E-state index in [0.29, 0.717) is 13.1 Å². The maximum absolute atomic E-state index is 12.0. The first-order valence-corrected chi connectivity index (χ1v) is 9.75. The highest BCUT2D eigenvalue weighted by Gasteiger charge is 2.26. The van der Waals surface area contributed by atoms with Crippen LogP contribution in [0.3, 0.4) is 0 Å². The fourth-order valence-corrected chi connectivity index (χ4v) is 2.53. The number of nitrogens with two attached hydrogens (primary N) is 1. The van der Waals surface area contributed by atoms with Crippen LogP contribution in [0.25, 0.3) is 0 Å². The zero-order chi connectivity index (χ0) is 19.3. The Kier molecular flexibility index (Phi) is 6.98. The van der Waals surface area contributed by atoms with Gasteiger partial charge in [0, 0.05) is 37.5 Å². The van der Waals surface area contributed by atoms with Gasteiger partial charge in [0.1, 0.15) is 0 Å². The van der Waals surface area contributed by atoms with Crippen LogP contribution in [0.5, 0.6) is 0 Å². The highest BCUT2D eigenvalue weighted by atomic mass is 32.2. The second-order valence-electron chi connectivity index (χ2n) is 6.64. The predicted molar refractivity (Wildman–Crippen MR) is 97.6 cm³/mol. The third-order valence-electron chi connectivity index (χ3n) is 3.89. The monoisotopic (exact) mass is 368 g/mol. The fourth-order valence-electron chi connectivity index (χ4n) is 1.90. The van der Waals surface area contributed by atoms with Gasteiger partial charge in [-0.25, -0.2) is 8.42 Å². The first-order chi connectivity index (χ1) is 11.4. The first-order valence-electron chi connectivity index (χ1n) is 7.86. The average Bonchev–Trinajstić information content (AvgIpc) is 2.52. The molecule has 0 aliphatic carbocycles. The second-order valence-corrected chi connectivity index (χ2v) is 8.66. The van der Waals surface area contributed by atoms with E-state index in [-0.39, 0.29) is 17.2 Å². The van der Waals surface area contributed by atoms with Crippen molar-refractivity contribution in [3.05, 3.63) is 30.7 Å². The normalized spacial score (nSPS) is 11.8. The van der Waals surface area contributed by atoms with Gasteiger partial charge >= 0.3 is 0 Å². The number of primary amides is 1. The quantitative estimate of drug-likeness (QED) is 0.677. The number of likely N-dealkylation sites (N-methyl/N-ethyl adjacent to an activating group) is 1. The molecular weight excluding hydrogens is 342 g/mol. The summed E-state index contributed by atoms with van der Waals surface area (Å²) in [6, 6.07) is 6.43. The van der Waals surface area contributed by atoms with Crippen molar-refractivity contribution in [3.8, 4) is 0 Å². The van der Waals surface area contributed by atoms with Gasteiger partial charge in [-0.15, -0.1) is 0 Å². The zero-order valence-corrected chi connectivity index (χ0v) is 15.9. The predicted octanol–water partition coefficient (Wildman–Crippen LogP) is 1.07. The maximum Gasteiger partial charge on any atom is 0.226 e. The SMILES string of the molecule is CN(CCNc1ccc(S(C)(=O)=O)cc1)C(=O)[CH]CC(C)(C)C(N)=O. The van der Waals surface area contributed by atoms with Crippen LogP contribution in [-0.4, -0.2) is 51.5 Å². The van der Waals surface area contributed by atoms with Gasteiger partial charge in [0.05, 0.1) is 11.3 Å². The van der Waals surface area contributed by atoms with Gasteiger partial charge in [-0.2, -0.15) is 0 Å². The van der Waals surface area contributed by atoms with Crippen molar-refractivity contribution in [2.75, 3.05) is 31.7 Å². The molecule has 0 saturated heterocycles. The number of amides is 2. The lowest BCUT2D eigenvalue weighted by Crippen LogP contribution is -2.35. The lowest BCUT2D eigenvalue weighted by Gasteiger charge is -2.22. The molecule has 0 aliphatic heterocycles. The lowest BCUT2D eigenvalue weighted by molar-refractivity contribution is -0.128. The third-order valence-corrected chi connectivity index (χ3v) is 5.02. The lowest BCUT2D eigenvalue weighted by atomic mass is 9.87. The molecule has 1 rings (SSSR count). The Hall–Kier alpha value is -2.09. The number of hydrogen-bond donors (Lipinski definition) is 2. The largest absolute Gasteiger partial charge is 0.383 e. The molecule has 25 heavy (non-hydrogen) atoms. The molecule has 1 aromatic carbocycles. The van der Waals surface area contributed by atoms with Gasteiger partial charge in [-0.3, -0.25) is 9.59 Å². The molecule has 2 amide bonds. The molecule has 0 atom stereocenters. The van der Waals surface area contributed by atoms with Crippen molar-refractivity contribution < 1.29 is 18.0 Å². The topological polar surface area (TPSA) is 110 Å². The Balaban J connectivity index is 2.42. The molecule has 3 N–H and O–H groups in total. The van der Waals surface area contributed by atoms with Crippen LogP contribution in [0.1, 0.15) is 20.3 Å². The van der Waals surface area contributed by atoms with Gasteiger partial charge in [-0.1, -0.05) is 13.8 Å². The maximum atomic E-state index is 12.0. The van der Waals surface area contributed by atoms with Crippen molar-refractivity contribution in [1.82, 2.24) is 4.90 Å². The van der Waals surface area contributed by atoms with Gasteiger partial charge in [0.2, 0.25) is 11.8 Å². The van der Waals surface area contributed by atoms with Gasteiger partial charge in [-0.05, 0) is 30.7 Å². The van der Waals surface area contributed by atoms with E-state index in [1.807, 2.05) is 0 Å². The minimum atomic E-state index is -3.21. The molecule has 1 radical (unpaired) electrons. The molecule has 1 aromatic rings. The molecule has 0 aromatic heterocycles. The number of rotatable bonds is 9. The van der Waals surface area contributed by atoms with E-state index in [9.17, 15) is 18.0 Å². The van der Waals surface area contributed by atoms with E-state index in [2.05, 4.69) is 5.32 Å². The molecule has 0 unspecified atom stereocenters. The summed E-state index contributed by atoms with van der Waals surface area (Å²) in [7, 11) is -1.54. The Labute approximate surface area is 149 Å². The molecule has 0 saturated carbocycles. The van der Waals surface area contributed by atoms with Crippen LogP contribution in [0, 0.1) is 11.8 Å². The third kappa shape index (κ3) is 6.74. The van der Waals surface area contributed by atoms with E-state index in [4.69, 9.17) is 5.73 Å². The summed E-state index contributed by atoms with van der Waals surface area (Å²) in [5, 5.41) is 3.12. The molecule has 0 fully saturated rings. The van der Waals surface area contributed by atoms with E-state index in [1.54, 1.807) is 33.0 Å². The highest BCUT2D eigenvalue weighted by Crippen LogP contribution is 2.21. The molecule has 0 bridgehead atoms. The Morgan fingerprint density at radius 2 is 1.80 bits per heavy atom. The standard InChI is InChI=1S/C17H26N3O4S/c1-17(2,16(18)22)10-9-15(21)20(3)12-11-19-13-5-7-14(8-6-13)25(4,23)24/h5-9,19H,10-12H2,1-4H3,(H2,18,22). The van der Waals surface area contributed by atoms with E-state index in [0.717, 1.165) is 11.9 Å². The molecule has 7 nitrogen and oxygen atoms in total. The molecule has 139 valence electrons. The van der Waals surface area contributed by atoms with Crippen LogP contribution in [0.4, 0.5) is 5.69 Å². The average molecular weight is 368 g/mol. The molecule has 0 aliphatic rings. The first kappa shape index (κ1) is 21.0. The number of anilines is 1. The Bertz CT molecular complexity index is 712. The summed E-state index contributed by atoms with van der Waals surface area (Å²) in [6.45, 7) is 4.36. The number of carbonyl (C=O) groups excluding carboxylic acids is 2. The number of carbonyl (C=O) groups is 2. The van der Waals surface area contributed by atoms with E-state index < -0.39 is 21.2 Å². The minimum Gasteiger partial charge on any atom is -0.383 e. The van der Waals surface area contributed by atoms with Crippen molar-refractivity contribution >= 4 is 27.3 Å². The number of hydrogen-bond acceptors (Lipinski definition) is 5. The van der Waals surface area contributed by atoms with Crippen molar-refractivity contribution in [3.63, 3.8) is 0 Å². The minimum absolute atomic E-state index is 0.177. The summed E-state index contributed by atoms with van der Waals surface area (Å²) < 4.78 is 22.8. The fraction of sp³-hybridized carbons (Fsp3) is 0.471. The number of nitrogens with zero attached hydrogens (tertiary/aromatic N) is 1. The zero-order valence-electron chi connectivity index (χ0n) is 15.1. The number of benzene rings is 1. The smallest absolute Gasteiger partial charge is 0.226 e. The van der Waals surface area contributed by atoms with Crippen LogP contribution in [0.15, 0.2) is 29.2 Å². The van der Waals surface area contributed by atoms with Crippen molar-refractivity contribution in [2.24, 2.45) is 11.1 Å². The Morgan fingerprint density at radius 3 is 2.28 bits per heavy atom. The van der Waals surface area contributed by atoms with E-state index >= 15 is 0 Å². The van der Waals surface area contributed by atoms with Crippen LogP contribution < -0.4 is 11.1 Å². The van der Waals surface area contributed by atoms with Crippen LogP contribution in [-0.2, 0) is 19.4 Å². The molecule has 8 heteroatoms. The summed E-state index contributed by atoms with van der Waals surface area (Å²) in [6.07, 6.45) is 2.91. The Morgan fingerprint density at radius 1 is 1.24 bits per heavy atom. The molecular formula is C17H26N3O4S. The molecule has 0 heterocycles. The number of nitrogens with one attached hydrogen (secondary N) is 1. The van der Waals surface area contributed by atoms with Gasteiger partial charge in [0.15, 0.2) is 9.84 Å². The summed E-state index contributed by atoms with van der Waals surface area (Å²) in [5.74, 6) is -0.623. The highest BCUT2D eigenvalue weighted by molar-refractivity contribution is 7.90. The van der Waals surface area contributed by atoms with Crippen LogP contribution >= 0.6 is 0 Å². The molecule has 0 spiro atoms. The summed E-state index contributed by atoms with van der Waals surface area (Å²) in [4.78, 5) is 25.1. The second kappa shape index (κ2) is 8.33. The van der Waals surface area contributed by atoms with Crippen molar-refractivity contribution in [1.29, 1.82) is 0 Å². The van der Waals surface area contributed by atoms with Crippen LogP contribution in [0.2, 0.25) is 0 Å².